The van der Waals surface area contributed by atoms with Crippen molar-refractivity contribution in [2.45, 2.75) is 5.92 Å². The number of anilines is 1. The van der Waals surface area contributed by atoms with E-state index in [1.807, 2.05) is 30.3 Å². The molecule has 20 heavy (non-hydrogen) atoms. The summed E-state index contributed by atoms with van der Waals surface area (Å²) in [4.78, 5) is 12.2. The maximum atomic E-state index is 12.2. The molecule has 4 heteroatoms. The van der Waals surface area contributed by atoms with Crippen molar-refractivity contribution in [3.63, 3.8) is 0 Å². The van der Waals surface area contributed by atoms with Gasteiger partial charge in [0.25, 0.3) is 0 Å². The van der Waals surface area contributed by atoms with Crippen molar-refractivity contribution in [1.82, 2.24) is 0 Å². The molecule has 1 atom stereocenters. The predicted octanol–water partition coefficient (Wildman–Crippen LogP) is 2.41. The van der Waals surface area contributed by atoms with E-state index in [9.17, 15) is 9.90 Å². The van der Waals surface area contributed by atoms with E-state index in [0.717, 1.165) is 11.3 Å². The minimum absolute atomic E-state index is 0.230. The number of aliphatic hydroxyl groups is 1. The van der Waals surface area contributed by atoms with Gasteiger partial charge in [-0.25, -0.2) is 0 Å². The normalized spacial score (nSPS) is 11.7. The van der Waals surface area contributed by atoms with Crippen LogP contribution in [-0.4, -0.2) is 24.7 Å². The Labute approximate surface area is 118 Å². The molecule has 0 fully saturated rings. The van der Waals surface area contributed by atoms with Crippen molar-refractivity contribution in [3.05, 3.63) is 60.2 Å². The van der Waals surface area contributed by atoms with E-state index in [-0.39, 0.29) is 12.5 Å². The van der Waals surface area contributed by atoms with Gasteiger partial charge in [0.2, 0.25) is 5.91 Å². The summed E-state index contributed by atoms with van der Waals surface area (Å²) in [6.45, 7) is -0.230. The molecule has 2 N–H and O–H groups in total. The molecule has 0 aromatic heterocycles. The highest BCUT2D eigenvalue weighted by atomic mass is 16.5. The molecule has 0 heterocycles. The van der Waals surface area contributed by atoms with Gasteiger partial charge in [-0.05, 0) is 29.8 Å². The first kappa shape index (κ1) is 14.1. The molecule has 2 rings (SSSR count). The van der Waals surface area contributed by atoms with E-state index in [4.69, 9.17) is 4.74 Å². The lowest BCUT2D eigenvalue weighted by Crippen LogP contribution is -2.23. The number of nitrogens with one attached hydrogen (secondary N) is 1. The van der Waals surface area contributed by atoms with Gasteiger partial charge in [0, 0.05) is 5.69 Å². The molecule has 0 spiro atoms. The largest absolute Gasteiger partial charge is 0.497 e. The molecule has 0 aliphatic heterocycles. The summed E-state index contributed by atoms with van der Waals surface area (Å²) in [5.41, 5.74) is 1.46. The number of carbonyl (C=O) groups excluding carboxylic acids is 1. The highest BCUT2D eigenvalue weighted by molar-refractivity contribution is 5.96. The van der Waals surface area contributed by atoms with E-state index in [2.05, 4.69) is 5.32 Å². The fourth-order valence-corrected chi connectivity index (χ4v) is 1.93. The van der Waals surface area contributed by atoms with Crippen LogP contribution in [0, 0.1) is 0 Å². The number of ether oxygens (including phenoxy) is 1. The third kappa shape index (κ3) is 3.36. The van der Waals surface area contributed by atoms with Gasteiger partial charge in [-0.2, -0.15) is 0 Å². The first-order valence-corrected chi connectivity index (χ1v) is 6.35. The first-order chi connectivity index (χ1) is 9.74. The number of methoxy groups -OCH3 is 1. The molecule has 0 bridgehead atoms. The molecule has 2 aromatic carbocycles. The molecule has 0 aliphatic carbocycles. The van der Waals surface area contributed by atoms with E-state index in [1.165, 1.54) is 0 Å². The van der Waals surface area contributed by atoms with Gasteiger partial charge < -0.3 is 15.2 Å². The highest BCUT2D eigenvalue weighted by Crippen LogP contribution is 2.19. The number of amides is 1. The zero-order valence-electron chi connectivity index (χ0n) is 11.2. The Bertz CT molecular complexity index is 552. The summed E-state index contributed by atoms with van der Waals surface area (Å²) in [6, 6.07) is 16.3. The smallest absolute Gasteiger partial charge is 0.234 e. The van der Waals surface area contributed by atoms with Gasteiger partial charge in [0.15, 0.2) is 0 Å². The maximum absolute atomic E-state index is 12.2. The van der Waals surface area contributed by atoms with E-state index in [0.29, 0.717) is 5.69 Å². The Hall–Kier alpha value is -2.33. The fraction of sp³-hybridized carbons (Fsp3) is 0.188. The minimum Gasteiger partial charge on any atom is -0.497 e. The molecule has 0 aliphatic rings. The molecule has 1 amide bonds. The quantitative estimate of drug-likeness (QED) is 0.878. The van der Waals surface area contributed by atoms with Crippen molar-refractivity contribution >= 4 is 11.6 Å². The van der Waals surface area contributed by atoms with Crippen molar-refractivity contribution in [3.8, 4) is 5.75 Å². The Balaban J connectivity index is 2.09. The van der Waals surface area contributed by atoms with Crippen LogP contribution in [-0.2, 0) is 4.79 Å². The SMILES string of the molecule is COc1ccc(NC(=O)C(CO)c2ccccc2)cc1. The summed E-state index contributed by atoms with van der Waals surface area (Å²) in [6.07, 6.45) is 0. The van der Waals surface area contributed by atoms with Gasteiger partial charge in [-0.1, -0.05) is 30.3 Å². The monoisotopic (exact) mass is 271 g/mol. The van der Waals surface area contributed by atoms with Crippen LogP contribution in [0.4, 0.5) is 5.69 Å². The second kappa shape index (κ2) is 6.73. The molecule has 1 unspecified atom stereocenters. The molecule has 104 valence electrons. The van der Waals surface area contributed by atoms with Crippen LogP contribution in [0.2, 0.25) is 0 Å². The van der Waals surface area contributed by atoms with Crippen LogP contribution in [0.3, 0.4) is 0 Å². The van der Waals surface area contributed by atoms with Gasteiger partial charge in [-0.15, -0.1) is 0 Å². The number of aliphatic hydroxyl groups excluding tert-OH is 1. The van der Waals surface area contributed by atoms with Crippen LogP contribution < -0.4 is 10.1 Å². The average Bonchev–Trinajstić information content (AvgIpc) is 2.50. The standard InChI is InChI=1S/C16H17NO3/c1-20-14-9-7-13(8-10-14)17-16(19)15(11-18)12-5-3-2-4-6-12/h2-10,15,18H,11H2,1H3,(H,17,19). The van der Waals surface area contributed by atoms with Crippen LogP contribution in [0.25, 0.3) is 0 Å². The highest BCUT2D eigenvalue weighted by Gasteiger charge is 2.19. The minimum atomic E-state index is -0.571. The summed E-state index contributed by atoms with van der Waals surface area (Å²) in [7, 11) is 1.59. The fourth-order valence-electron chi connectivity index (χ4n) is 1.93. The third-order valence-electron chi connectivity index (χ3n) is 3.06. The van der Waals surface area contributed by atoms with Crippen molar-refractivity contribution in [2.75, 3.05) is 19.0 Å². The Morgan fingerprint density at radius 1 is 1.15 bits per heavy atom. The second-order valence-electron chi connectivity index (χ2n) is 4.36. The molecule has 4 nitrogen and oxygen atoms in total. The summed E-state index contributed by atoms with van der Waals surface area (Å²) in [5.74, 6) is -0.0769. The first-order valence-electron chi connectivity index (χ1n) is 6.35. The zero-order chi connectivity index (χ0) is 14.4. The Kier molecular flexibility index (Phi) is 4.74. The number of hydrogen-bond donors (Lipinski definition) is 2. The van der Waals surface area contributed by atoms with Crippen LogP contribution in [0.1, 0.15) is 11.5 Å². The molecule has 0 saturated carbocycles. The Morgan fingerprint density at radius 3 is 2.35 bits per heavy atom. The van der Waals surface area contributed by atoms with E-state index < -0.39 is 5.92 Å². The second-order valence-corrected chi connectivity index (χ2v) is 4.36. The van der Waals surface area contributed by atoms with Gasteiger partial charge >= 0.3 is 0 Å². The molecule has 2 aromatic rings. The zero-order valence-corrected chi connectivity index (χ0v) is 11.2. The molecular weight excluding hydrogens is 254 g/mol. The van der Waals surface area contributed by atoms with Crippen LogP contribution in [0.5, 0.6) is 5.75 Å². The summed E-state index contributed by atoms with van der Waals surface area (Å²) < 4.78 is 5.06. The summed E-state index contributed by atoms with van der Waals surface area (Å²) >= 11 is 0. The predicted molar refractivity (Wildman–Crippen MR) is 77.9 cm³/mol. The average molecular weight is 271 g/mol. The lowest BCUT2D eigenvalue weighted by molar-refractivity contribution is -0.118. The van der Waals surface area contributed by atoms with E-state index in [1.54, 1.807) is 31.4 Å². The topological polar surface area (TPSA) is 58.6 Å². The number of rotatable bonds is 5. The number of hydrogen-bond acceptors (Lipinski definition) is 3. The number of benzene rings is 2. The molecule has 0 radical (unpaired) electrons. The van der Waals surface area contributed by atoms with Gasteiger partial charge in [0.1, 0.15) is 5.75 Å². The van der Waals surface area contributed by atoms with Crippen molar-refractivity contribution < 1.29 is 14.6 Å². The summed E-state index contributed by atoms with van der Waals surface area (Å²) in [5, 5.41) is 12.2. The van der Waals surface area contributed by atoms with Crippen molar-refractivity contribution in [1.29, 1.82) is 0 Å². The van der Waals surface area contributed by atoms with Crippen LogP contribution in [0.15, 0.2) is 54.6 Å². The van der Waals surface area contributed by atoms with E-state index >= 15 is 0 Å². The van der Waals surface area contributed by atoms with Gasteiger partial charge in [0.05, 0.1) is 19.6 Å². The Morgan fingerprint density at radius 2 is 1.80 bits per heavy atom. The van der Waals surface area contributed by atoms with Gasteiger partial charge in [-0.3, -0.25) is 4.79 Å². The van der Waals surface area contributed by atoms with Crippen molar-refractivity contribution in [2.24, 2.45) is 0 Å². The lowest BCUT2D eigenvalue weighted by atomic mass is 9.99. The molecule has 0 saturated heterocycles. The van der Waals surface area contributed by atoms with Crippen LogP contribution >= 0.6 is 0 Å². The maximum Gasteiger partial charge on any atom is 0.234 e. The lowest BCUT2D eigenvalue weighted by Gasteiger charge is -2.15. The molecular formula is C16H17NO3. The number of carbonyl (C=O) groups is 1. The third-order valence-corrected chi connectivity index (χ3v) is 3.06.